The van der Waals surface area contributed by atoms with E-state index in [0.717, 1.165) is 36.1 Å². The fraction of sp³-hybridized carbons (Fsp3) is 0.517. The maximum atomic E-state index is 12.5. The molecule has 1 amide bonds. The van der Waals surface area contributed by atoms with Crippen LogP contribution in [0.3, 0.4) is 0 Å². The number of esters is 1. The SMILES string of the molecule is CC(=O)OC(C)C(=O)Nc1cccc(C2OC(CN3CCCC3CO)C(C)C(c3ccc(CO)cc3)O2)c1. The quantitative estimate of drug-likeness (QED) is 0.426. The van der Waals surface area contributed by atoms with Crippen LogP contribution < -0.4 is 5.32 Å². The van der Waals surface area contributed by atoms with E-state index in [1.54, 1.807) is 12.1 Å². The Hall–Kier alpha value is -2.82. The minimum atomic E-state index is -0.922. The molecule has 2 fully saturated rings. The highest BCUT2D eigenvalue weighted by molar-refractivity contribution is 5.95. The van der Waals surface area contributed by atoms with E-state index in [2.05, 4.69) is 17.1 Å². The zero-order valence-electron chi connectivity index (χ0n) is 22.2. The highest BCUT2D eigenvalue weighted by Crippen LogP contribution is 2.42. The van der Waals surface area contributed by atoms with Crippen LogP contribution in [0.25, 0.3) is 0 Å². The molecule has 0 aliphatic carbocycles. The number of benzene rings is 2. The van der Waals surface area contributed by atoms with E-state index < -0.39 is 24.3 Å². The Bertz CT molecular complexity index is 1090. The summed E-state index contributed by atoms with van der Waals surface area (Å²) in [6.45, 7) is 6.59. The van der Waals surface area contributed by atoms with Crippen LogP contribution in [-0.4, -0.2) is 64.9 Å². The van der Waals surface area contributed by atoms with Crippen molar-refractivity contribution in [3.05, 3.63) is 65.2 Å². The van der Waals surface area contributed by atoms with Crippen molar-refractivity contribution < 1.29 is 34.0 Å². The summed E-state index contributed by atoms with van der Waals surface area (Å²) in [6.07, 6.45) is -0.0101. The van der Waals surface area contributed by atoms with Crippen molar-refractivity contribution in [3.8, 4) is 0 Å². The zero-order valence-corrected chi connectivity index (χ0v) is 22.2. The normalized spacial score (nSPS) is 26.6. The van der Waals surface area contributed by atoms with Gasteiger partial charge in [0.05, 0.1) is 25.4 Å². The molecule has 0 spiro atoms. The van der Waals surface area contributed by atoms with Crippen molar-refractivity contribution in [1.29, 1.82) is 0 Å². The molecule has 38 heavy (non-hydrogen) atoms. The summed E-state index contributed by atoms with van der Waals surface area (Å²) in [5, 5.41) is 22.1. The van der Waals surface area contributed by atoms with Gasteiger partial charge in [-0.25, -0.2) is 0 Å². The first-order chi connectivity index (χ1) is 18.3. The van der Waals surface area contributed by atoms with Crippen molar-refractivity contribution in [2.75, 3.05) is 25.0 Å². The lowest BCUT2D eigenvalue weighted by Crippen LogP contribution is -2.46. The highest BCUT2D eigenvalue weighted by Gasteiger charge is 2.40. The molecule has 206 valence electrons. The maximum Gasteiger partial charge on any atom is 0.303 e. The zero-order chi connectivity index (χ0) is 27.2. The van der Waals surface area contributed by atoms with Gasteiger partial charge in [-0.2, -0.15) is 0 Å². The average Bonchev–Trinajstić information content (AvgIpc) is 3.36. The van der Waals surface area contributed by atoms with Gasteiger partial charge in [0.25, 0.3) is 5.91 Å². The molecule has 9 heteroatoms. The molecule has 2 aliphatic rings. The van der Waals surface area contributed by atoms with Crippen LogP contribution in [0.2, 0.25) is 0 Å². The Kier molecular flexibility index (Phi) is 9.51. The lowest BCUT2D eigenvalue weighted by molar-refractivity contribution is -0.276. The van der Waals surface area contributed by atoms with Crippen LogP contribution in [0.4, 0.5) is 5.69 Å². The van der Waals surface area contributed by atoms with E-state index in [4.69, 9.17) is 14.2 Å². The largest absolute Gasteiger partial charge is 0.453 e. The topological polar surface area (TPSA) is 118 Å². The number of nitrogens with one attached hydrogen (secondary N) is 1. The first-order valence-corrected chi connectivity index (χ1v) is 13.2. The number of aliphatic hydroxyl groups excluding tert-OH is 2. The van der Waals surface area contributed by atoms with Gasteiger partial charge in [-0.15, -0.1) is 0 Å². The van der Waals surface area contributed by atoms with Gasteiger partial charge in [-0.1, -0.05) is 43.3 Å². The lowest BCUT2D eigenvalue weighted by atomic mass is 9.90. The van der Waals surface area contributed by atoms with Gasteiger partial charge < -0.3 is 29.7 Å². The molecule has 0 aromatic heterocycles. The summed E-state index contributed by atoms with van der Waals surface area (Å²) in [4.78, 5) is 26.0. The third kappa shape index (κ3) is 6.78. The fourth-order valence-corrected chi connectivity index (χ4v) is 5.21. The third-order valence-electron chi connectivity index (χ3n) is 7.39. The van der Waals surface area contributed by atoms with Crippen LogP contribution in [0.5, 0.6) is 0 Å². The molecule has 2 aromatic rings. The highest BCUT2D eigenvalue weighted by atomic mass is 16.7. The molecule has 2 saturated heterocycles. The number of hydrogen-bond acceptors (Lipinski definition) is 8. The van der Waals surface area contributed by atoms with Gasteiger partial charge >= 0.3 is 5.97 Å². The molecular formula is C29H38N2O7. The number of rotatable bonds is 9. The molecule has 9 nitrogen and oxygen atoms in total. The van der Waals surface area contributed by atoms with E-state index in [-0.39, 0.29) is 37.4 Å². The summed E-state index contributed by atoms with van der Waals surface area (Å²) in [7, 11) is 0. The molecule has 3 N–H and O–H groups in total. The molecule has 0 radical (unpaired) electrons. The second kappa shape index (κ2) is 12.8. The fourth-order valence-electron chi connectivity index (χ4n) is 5.21. The lowest BCUT2D eigenvalue weighted by Gasteiger charge is -2.43. The van der Waals surface area contributed by atoms with E-state index in [0.29, 0.717) is 12.2 Å². The van der Waals surface area contributed by atoms with Gasteiger partial charge in [0.1, 0.15) is 0 Å². The van der Waals surface area contributed by atoms with Gasteiger partial charge in [0, 0.05) is 36.7 Å². The van der Waals surface area contributed by atoms with Crippen LogP contribution in [0.1, 0.15) is 62.7 Å². The Morgan fingerprint density at radius 3 is 2.58 bits per heavy atom. The monoisotopic (exact) mass is 526 g/mol. The molecule has 6 unspecified atom stereocenters. The van der Waals surface area contributed by atoms with Crippen molar-refractivity contribution in [1.82, 2.24) is 4.90 Å². The number of carbonyl (C=O) groups excluding carboxylic acids is 2. The van der Waals surface area contributed by atoms with E-state index in [9.17, 15) is 19.8 Å². The molecule has 2 aromatic carbocycles. The van der Waals surface area contributed by atoms with Crippen molar-refractivity contribution in [3.63, 3.8) is 0 Å². The third-order valence-corrected chi connectivity index (χ3v) is 7.39. The first kappa shape index (κ1) is 28.2. The standard InChI is InChI=1S/C29H38N2O7/c1-18-26(15-31-13-5-8-25(31)17-33)37-29(38-27(18)22-11-9-21(16-32)10-12-22)23-6-4-7-24(14-23)30-28(35)19(2)36-20(3)34/h4,6-7,9-12,14,18-19,25-27,29,32-33H,5,8,13,15-17H2,1-3H3,(H,30,35). The number of aliphatic hydroxyl groups is 2. The number of ether oxygens (including phenoxy) is 3. The van der Waals surface area contributed by atoms with Crippen molar-refractivity contribution >= 4 is 17.6 Å². The van der Waals surface area contributed by atoms with Crippen LogP contribution in [0.15, 0.2) is 48.5 Å². The Morgan fingerprint density at radius 1 is 1.13 bits per heavy atom. The van der Waals surface area contributed by atoms with Gasteiger partial charge in [-0.3, -0.25) is 14.5 Å². The molecule has 0 bridgehead atoms. The predicted octanol–water partition coefficient (Wildman–Crippen LogP) is 3.32. The number of amides is 1. The number of carbonyl (C=O) groups is 2. The predicted molar refractivity (Wildman–Crippen MR) is 141 cm³/mol. The summed E-state index contributed by atoms with van der Waals surface area (Å²) >= 11 is 0. The molecule has 2 heterocycles. The smallest absolute Gasteiger partial charge is 0.303 e. The number of nitrogens with zero attached hydrogens (tertiary/aromatic N) is 1. The number of hydrogen-bond donors (Lipinski definition) is 3. The molecular weight excluding hydrogens is 488 g/mol. The Balaban J connectivity index is 1.57. The molecule has 4 rings (SSSR count). The summed E-state index contributed by atoms with van der Waals surface area (Å²) < 4.78 is 18.0. The van der Waals surface area contributed by atoms with Crippen LogP contribution in [0, 0.1) is 5.92 Å². The second-order valence-corrected chi connectivity index (χ2v) is 10.2. The van der Waals surface area contributed by atoms with E-state index in [1.807, 2.05) is 36.4 Å². The van der Waals surface area contributed by atoms with Crippen LogP contribution >= 0.6 is 0 Å². The minimum Gasteiger partial charge on any atom is -0.453 e. The van der Waals surface area contributed by atoms with E-state index in [1.165, 1.54) is 13.8 Å². The summed E-state index contributed by atoms with van der Waals surface area (Å²) in [5.74, 6) is -0.927. The van der Waals surface area contributed by atoms with Crippen molar-refractivity contribution in [2.45, 2.75) is 70.9 Å². The van der Waals surface area contributed by atoms with E-state index >= 15 is 0 Å². The van der Waals surface area contributed by atoms with Gasteiger partial charge in [0.15, 0.2) is 12.4 Å². The molecule has 6 atom stereocenters. The Morgan fingerprint density at radius 2 is 1.89 bits per heavy atom. The average molecular weight is 527 g/mol. The van der Waals surface area contributed by atoms with Crippen LogP contribution in [-0.2, 0) is 30.4 Å². The Labute approximate surface area is 223 Å². The molecule has 0 saturated carbocycles. The van der Waals surface area contributed by atoms with Gasteiger partial charge in [-0.05, 0) is 49.6 Å². The summed E-state index contributed by atoms with van der Waals surface area (Å²) in [6, 6.07) is 15.1. The summed E-state index contributed by atoms with van der Waals surface area (Å²) in [5.41, 5.74) is 3.11. The molecule has 2 aliphatic heterocycles. The van der Waals surface area contributed by atoms with Gasteiger partial charge in [0.2, 0.25) is 0 Å². The van der Waals surface area contributed by atoms with Crippen molar-refractivity contribution in [2.24, 2.45) is 5.92 Å². The first-order valence-electron chi connectivity index (χ1n) is 13.2. The number of anilines is 1. The maximum absolute atomic E-state index is 12.5. The minimum absolute atomic E-state index is 0.0260. The second-order valence-electron chi connectivity index (χ2n) is 10.2. The number of likely N-dealkylation sites (tertiary alicyclic amines) is 1.